The van der Waals surface area contributed by atoms with Crippen molar-refractivity contribution in [3.05, 3.63) is 63.3 Å². The van der Waals surface area contributed by atoms with Gasteiger partial charge in [-0.25, -0.2) is 4.39 Å². The van der Waals surface area contributed by atoms with Crippen molar-refractivity contribution < 1.29 is 23.5 Å². The highest BCUT2D eigenvalue weighted by atomic mass is 35.5. The van der Waals surface area contributed by atoms with Crippen molar-refractivity contribution >= 4 is 40.6 Å². The van der Waals surface area contributed by atoms with Crippen LogP contribution in [-0.4, -0.2) is 30.3 Å². The fourth-order valence-corrected chi connectivity index (χ4v) is 3.62. The Balaban J connectivity index is 1.84. The number of amides is 2. The molecule has 0 radical (unpaired) electrons. The van der Waals surface area contributed by atoms with Crippen LogP contribution in [0.4, 0.5) is 9.18 Å². The van der Waals surface area contributed by atoms with Gasteiger partial charge in [0.2, 0.25) is 0 Å². The number of imide groups is 1. The minimum absolute atomic E-state index is 0.0208. The summed E-state index contributed by atoms with van der Waals surface area (Å²) in [5, 5.41) is -0.245. The molecule has 0 aliphatic carbocycles. The molecule has 0 bridgehead atoms. The molecule has 8 heteroatoms. The Morgan fingerprint density at radius 2 is 1.85 bits per heavy atom. The maximum absolute atomic E-state index is 13.2. The second-order valence-electron chi connectivity index (χ2n) is 5.62. The maximum Gasteiger partial charge on any atom is 0.293 e. The third kappa shape index (κ3) is 4.09. The summed E-state index contributed by atoms with van der Waals surface area (Å²) in [6.07, 6.45) is 1.61. The SMILES string of the molecule is COc1ccc(/C=C2/SC(=O)N(Cc3ccc(F)cc3Cl)C2=O)cc1OC. The predicted octanol–water partition coefficient (Wildman–Crippen LogP) is 4.73. The zero-order chi connectivity index (χ0) is 19.6. The molecule has 1 heterocycles. The van der Waals surface area contributed by atoms with E-state index in [4.69, 9.17) is 21.1 Å². The first-order valence-electron chi connectivity index (χ1n) is 7.84. The Labute approximate surface area is 164 Å². The Kier molecular flexibility index (Phi) is 5.72. The van der Waals surface area contributed by atoms with E-state index in [9.17, 15) is 14.0 Å². The fourth-order valence-electron chi connectivity index (χ4n) is 2.55. The molecule has 1 fully saturated rings. The smallest absolute Gasteiger partial charge is 0.293 e. The predicted molar refractivity (Wildman–Crippen MR) is 102 cm³/mol. The lowest BCUT2D eigenvalue weighted by Gasteiger charge is -2.13. The number of halogens is 2. The van der Waals surface area contributed by atoms with E-state index in [-0.39, 0.29) is 16.5 Å². The second-order valence-corrected chi connectivity index (χ2v) is 7.02. The summed E-state index contributed by atoms with van der Waals surface area (Å²) in [4.78, 5) is 26.2. The minimum atomic E-state index is -0.480. The Morgan fingerprint density at radius 1 is 1.11 bits per heavy atom. The first-order valence-corrected chi connectivity index (χ1v) is 9.03. The van der Waals surface area contributed by atoms with Crippen molar-refractivity contribution in [2.75, 3.05) is 14.2 Å². The molecule has 0 atom stereocenters. The summed E-state index contributed by atoms with van der Waals surface area (Å²) in [5.41, 5.74) is 1.19. The number of hydrogen-bond acceptors (Lipinski definition) is 5. The fraction of sp³-hybridized carbons (Fsp3) is 0.158. The molecule has 2 aromatic carbocycles. The lowest BCUT2D eigenvalue weighted by atomic mass is 10.1. The normalized spacial score (nSPS) is 15.6. The molecule has 0 saturated carbocycles. The Bertz CT molecular complexity index is 947. The summed E-state index contributed by atoms with van der Waals surface area (Å²) in [6.45, 7) is -0.0208. The molecular formula is C19H15ClFNO4S. The molecule has 0 aromatic heterocycles. The molecule has 2 aromatic rings. The summed E-state index contributed by atoms with van der Waals surface area (Å²) in [6, 6.07) is 9.02. The topological polar surface area (TPSA) is 55.8 Å². The molecule has 0 N–H and O–H groups in total. The monoisotopic (exact) mass is 407 g/mol. The van der Waals surface area contributed by atoms with Crippen molar-refractivity contribution in [3.63, 3.8) is 0 Å². The highest BCUT2D eigenvalue weighted by molar-refractivity contribution is 8.18. The number of methoxy groups -OCH3 is 2. The van der Waals surface area contributed by atoms with Crippen LogP contribution >= 0.6 is 23.4 Å². The molecule has 27 heavy (non-hydrogen) atoms. The van der Waals surface area contributed by atoms with E-state index in [1.807, 2.05) is 0 Å². The summed E-state index contributed by atoms with van der Waals surface area (Å²) < 4.78 is 23.6. The van der Waals surface area contributed by atoms with Gasteiger partial charge in [0, 0.05) is 5.02 Å². The van der Waals surface area contributed by atoms with Gasteiger partial charge in [0.05, 0.1) is 25.7 Å². The molecule has 0 unspecified atom stereocenters. The first-order chi connectivity index (χ1) is 12.9. The Hall–Kier alpha value is -2.51. The van der Waals surface area contributed by atoms with Crippen LogP contribution in [0.2, 0.25) is 5.02 Å². The zero-order valence-corrected chi connectivity index (χ0v) is 16.1. The second kappa shape index (κ2) is 8.02. The molecule has 5 nitrogen and oxygen atoms in total. The molecule has 1 saturated heterocycles. The van der Waals surface area contributed by atoms with E-state index in [1.54, 1.807) is 24.3 Å². The lowest BCUT2D eigenvalue weighted by molar-refractivity contribution is -0.123. The summed E-state index contributed by atoms with van der Waals surface area (Å²) in [7, 11) is 3.05. The van der Waals surface area contributed by atoms with Crippen molar-refractivity contribution in [3.8, 4) is 11.5 Å². The molecule has 140 valence electrons. The van der Waals surface area contributed by atoms with E-state index in [2.05, 4.69) is 0 Å². The number of nitrogens with zero attached hydrogens (tertiary/aromatic N) is 1. The third-order valence-electron chi connectivity index (χ3n) is 3.92. The van der Waals surface area contributed by atoms with E-state index in [0.29, 0.717) is 22.6 Å². The molecule has 1 aliphatic rings. The number of rotatable bonds is 5. The van der Waals surface area contributed by atoms with Crippen molar-refractivity contribution in [2.45, 2.75) is 6.54 Å². The number of hydrogen-bond donors (Lipinski definition) is 0. The molecule has 3 rings (SSSR count). The quantitative estimate of drug-likeness (QED) is 0.670. The van der Waals surface area contributed by atoms with Crippen LogP contribution in [0.25, 0.3) is 6.08 Å². The van der Waals surface area contributed by atoms with Gasteiger partial charge in [0.25, 0.3) is 11.1 Å². The van der Waals surface area contributed by atoms with Crippen LogP contribution in [0.15, 0.2) is 41.3 Å². The van der Waals surface area contributed by atoms with E-state index < -0.39 is 17.0 Å². The summed E-state index contributed by atoms with van der Waals surface area (Å²) in [5.74, 6) is 0.170. The highest BCUT2D eigenvalue weighted by Gasteiger charge is 2.35. The van der Waals surface area contributed by atoms with Crippen LogP contribution in [0.1, 0.15) is 11.1 Å². The van der Waals surface area contributed by atoms with Gasteiger partial charge >= 0.3 is 0 Å². The molecular weight excluding hydrogens is 393 g/mol. The van der Waals surface area contributed by atoms with E-state index in [1.165, 1.54) is 26.4 Å². The number of thioether (sulfide) groups is 1. The van der Waals surface area contributed by atoms with E-state index >= 15 is 0 Å². The van der Waals surface area contributed by atoms with Gasteiger partial charge in [-0.15, -0.1) is 0 Å². The standard InChI is InChI=1S/C19H15ClFNO4S/c1-25-15-6-3-11(7-16(15)26-2)8-17-18(23)22(19(24)27-17)10-12-4-5-13(21)9-14(12)20/h3-9H,10H2,1-2H3/b17-8+. The van der Waals surface area contributed by atoms with Crippen LogP contribution in [0.3, 0.4) is 0 Å². The summed E-state index contributed by atoms with van der Waals surface area (Å²) >= 11 is 6.83. The van der Waals surface area contributed by atoms with E-state index in [0.717, 1.165) is 22.7 Å². The maximum atomic E-state index is 13.2. The van der Waals surface area contributed by atoms with Gasteiger partial charge < -0.3 is 9.47 Å². The van der Waals surface area contributed by atoms with Gasteiger partial charge in [-0.1, -0.05) is 23.7 Å². The average molecular weight is 408 g/mol. The first kappa shape index (κ1) is 19.3. The van der Waals surface area contributed by atoms with Crippen LogP contribution in [0, 0.1) is 5.82 Å². The van der Waals surface area contributed by atoms with Crippen molar-refractivity contribution in [1.82, 2.24) is 4.90 Å². The van der Waals surface area contributed by atoms with Crippen LogP contribution in [-0.2, 0) is 11.3 Å². The van der Waals surface area contributed by atoms with Crippen molar-refractivity contribution in [2.24, 2.45) is 0 Å². The number of carbonyl (C=O) groups excluding carboxylic acids is 2. The molecule has 1 aliphatic heterocycles. The number of benzene rings is 2. The Morgan fingerprint density at radius 3 is 2.52 bits per heavy atom. The van der Waals surface area contributed by atoms with Gasteiger partial charge in [-0.3, -0.25) is 14.5 Å². The number of carbonyl (C=O) groups is 2. The lowest BCUT2D eigenvalue weighted by Crippen LogP contribution is -2.27. The van der Waals surface area contributed by atoms with Crippen LogP contribution < -0.4 is 9.47 Å². The zero-order valence-electron chi connectivity index (χ0n) is 14.5. The number of ether oxygens (including phenoxy) is 2. The highest BCUT2D eigenvalue weighted by Crippen LogP contribution is 2.35. The third-order valence-corrected chi connectivity index (χ3v) is 5.18. The largest absolute Gasteiger partial charge is 0.493 e. The molecule has 2 amide bonds. The van der Waals surface area contributed by atoms with Crippen molar-refractivity contribution in [1.29, 1.82) is 0 Å². The minimum Gasteiger partial charge on any atom is -0.493 e. The van der Waals surface area contributed by atoms with Gasteiger partial charge in [0.1, 0.15) is 5.82 Å². The van der Waals surface area contributed by atoms with Crippen LogP contribution in [0.5, 0.6) is 11.5 Å². The van der Waals surface area contributed by atoms with Gasteiger partial charge in [-0.2, -0.15) is 0 Å². The molecule has 0 spiro atoms. The van der Waals surface area contributed by atoms with Gasteiger partial charge in [0.15, 0.2) is 11.5 Å². The average Bonchev–Trinajstić information content (AvgIpc) is 2.91. The van der Waals surface area contributed by atoms with Gasteiger partial charge in [-0.05, 0) is 53.2 Å².